The third kappa shape index (κ3) is 5.51. The molecule has 0 saturated carbocycles. The number of nitrogens with zero attached hydrogens (tertiary/aromatic N) is 3. The molecule has 0 unspecified atom stereocenters. The SMILES string of the molecule is CC(=O)ONC(=O)c1nc(Cc2ccc(N3CCC(c4ccccc4)CC3)cc2)nc(C)c1O. The number of hydroxylamine groups is 1. The number of hydrogen-bond acceptors (Lipinski definition) is 7. The van der Waals surface area contributed by atoms with E-state index in [1.165, 1.54) is 11.3 Å². The second kappa shape index (κ2) is 10.3. The summed E-state index contributed by atoms with van der Waals surface area (Å²) in [6.45, 7) is 4.78. The van der Waals surface area contributed by atoms with Crippen LogP contribution >= 0.6 is 0 Å². The molecule has 0 aliphatic carbocycles. The molecular formula is C26H28N4O4. The summed E-state index contributed by atoms with van der Waals surface area (Å²) in [5, 5.41) is 10.2. The zero-order chi connectivity index (χ0) is 24.1. The summed E-state index contributed by atoms with van der Waals surface area (Å²) < 4.78 is 0. The normalized spacial score (nSPS) is 14.0. The fraction of sp³-hybridized carbons (Fsp3) is 0.308. The van der Waals surface area contributed by atoms with Crippen LogP contribution in [0, 0.1) is 6.92 Å². The van der Waals surface area contributed by atoms with Gasteiger partial charge in [-0.15, -0.1) is 0 Å². The molecule has 0 spiro atoms. The van der Waals surface area contributed by atoms with Gasteiger partial charge in [-0.2, -0.15) is 5.48 Å². The predicted octanol–water partition coefficient (Wildman–Crippen LogP) is 3.67. The van der Waals surface area contributed by atoms with Gasteiger partial charge >= 0.3 is 11.9 Å². The minimum absolute atomic E-state index is 0.235. The van der Waals surface area contributed by atoms with Crippen molar-refractivity contribution in [1.82, 2.24) is 15.4 Å². The number of anilines is 1. The van der Waals surface area contributed by atoms with E-state index in [-0.39, 0.29) is 17.1 Å². The first kappa shape index (κ1) is 23.2. The molecule has 0 atom stereocenters. The molecule has 34 heavy (non-hydrogen) atoms. The van der Waals surface area contributed by atoms with Gasteiger partial charge in [0.1, 0.15) is 5.82 Å². The molecule has 1 saturated heterocycles. The Kier molecular flexibility index (Phi) is 7.06. The van der Waals surface area contributed by atoms with E-state index in [1.807, 2.05) is 17.6 Å². The third-order valence-electron chi connectivity index (χ3n) is 6.04. The lowest BCUT2D eigenvalue weighted by Crippen LogP contribution is -2.32. The number of carbonyl (C=O) groups is 2. The Bertz CT molecular complexity index is 1160. The molecule has 1 aliphatic rings. The molecule has 1 amide bonds. The third-order valence-corrected chi connectivity index (χ3v) is 6.04. The monoisotopic (exact) mass is 460 g/mol. The molecule has 1 aliphatic heterocycles. The van der Waals surface area contributed by atoms with E-state index in [2.05, 4.69) is 62.2 Å². The van der Waals surface area contributed by atoms with Crippen LogP contribution in [0.3, 0.4) is 0 Å². The van der Waals surface area contributed by atoms with Gasteiger partial charge in [-0.25, -0.2) is 9.97 Å². The van der Waals surface area contributed by atoms with Gasteiger partial charge in [0.15, 0.2) is 11.4 Å². The summed E-state index contributed by atoms with van der Waals surface area (Å²) in [6, 6.07) is 19.0. The number of carbonyl (C=O) groups excluding carboxylic acids is 2. The highest BCUT2D eigenvalue weighted by Gasteiger charge is 2.21. The lowest BCUT2D eigenvalue weighted by molar-refractivity contribution is -0.146. The average Bonchev–Trinajstić information content (AvgIpc) is 2.86. The number of amides is 1. The van der Waals surface area contributed by atoms with Gasteiger partial charge in [0, 0.05) is 32.1 Å². The highest BCUT2D eigenvalue weighted by atomic mass is 16.7. The molecule has 2 N–H and O–H groups in total. The van der Waals surface area contributed by atoms with Crippen molar-refractivity contribution in [3.8, 4) is 5.75 Å². The largest absolute Gasteiger partial charge is 0.504 e. The molecule has 1 aromatic heterocycles. The Morgan fingerprint density at radius 3 is 2.38 bits per heavy atom. The minimum Gasteiger partial charge on any atom is -0.504 e. The number of nitrogens with one attached hydrogen (secondary N) is 1. The summed E-state index contributed by atoms with van der Waals surface area (Å²) in [5.41, 5.74) is 5.59. The number of hydrogen-bond donors (Lipinski definition) is 2. The maximum absolute atomic E-state index is 12.2. The number of piperidine rings is 1. The van der Waals surface area contributed by atoms with Gasteiger partial charge in [-0.3, -0.25) is 9.59 Å². The summed E-state index contributed by atoms with van der Waals surface area (Å²) in [6.07, 6.45) is 2.65. The molecule has 4 rings (SSSR count). The Morgan fingerprint density at radius 2 is 1.74 bits per heavy atom. The van der Waals surface area contributed by atoms with E-state index in [0.717, 1.165) is 38.4 Å². The maximum Gasteiger partial charge on any atom is 0.329 e. The Hall–Kier alpha value is -3.94. The fourth-order valence-electron chi connectivity index (χ4n) is 4.23. The second-order valence-corrected chi connectivity index (χ2v) is 8.46. The van der Waals surface area contributed by atoms with Crippen molar-refractivity contribution in [3.05, 3.63) is 82.9 Å². The number of benzene rings is 2. The van der Waals surface area contributed by atoms with Crippen molar-refractivity contribution in [3.63, 3.8) is 0 Å². The zero-order valence-electron chi connectivity index (χ0n) is 19.3. The highest BCUT2D eigenvalue weighted by Crippen LogP contribution is 2.30. The van der Waals surface area contributed by atoms with Crippen LogP contribution in [0.5, 0.6) is 5.75 Å². The van der Waals surface area contributed by atoms with E-state index in [1.54, 1.807) is 6.92 Å². The van der Waals surface area contributed by atoms with Crippen LogP contribution < -0.4 is 10.4 Å². The fourth-order valence-corrected chi connectivity index (χ4v) is 4.23. The summed E-state index contributed by atoms with van der Waals surface area (Å²) >= 11 is 0. The number of aromatic hydroxyl groups is 1. The summed E-state index contributed by atoms with van der Waals surface area (Å²) in [5.74, 6) is -0.835. The lowest BCUT2D eigenvalue weighted by Gasteiger charge is -2.34. The average molecular weight is 461 g/mol. The quantitative estimate of drug-likeness (QED) is 0.560. The first-order valence-corrected chi connectivity index (χ1v) is 11.3. The van der Waals surface area contributed by atoms with Crippen LogP contribution in [0.25, 0.3) is 0 Å². The topological polar surface area (TPSA) is 105 Å². The van der Waals surface area contributed by atoms with Crippen molar-refractivity contribution in [1.29, 1.82) is 0 Å². The van der Waals surface area contributed by atoms with Crippen LogP contribution in [-0.4, -0.2) is 40.0 Å². The van der Waals surface area contributed by atoms with Crippen LogP contribution in [0.4, 0.5) is 5.69 Å². The van der Waals surface area contributed by atoms with Crippen molar-refractivity contribution in [2.24, 2.45) is 0 Å². The van der Waals surface area contributed by atoms with Crippen molar-refractivity contribution < 1.29 is 19.5 Å². The number of rotatable bonds is 5. The van der Waals surface area contributed by atoms with Gasteiger partial charge in [-0.1, -0.05) is 42.5 Å². The molecule has 2 heterocycles. The molecule has 0 radical (unpaired) electrons. The molecule has 3 aromatic rings. The molecule has 2 aromatic carbocycles. The first-order valence-electron chi connectivity index (χ1n) is 11.3. The lowest BCUT2D eigenvalue weighted by atomic mass is 9.89. The van der Waals surface area contributed by atoms with Crippen molar-refractivity contribution in [2.45, 2.75) is 39.0 Å². The smallest absolute Gasteiger partial charge is 0.329 e. The van der Waals surface area contributed by atoms with E-state index < -0.39 is 11.9 Å². The minimum atomic E-state index is -0.811. The zero-order valence-corrected chi connectivity index (χ0v) is 19.3. The molecule has 176 valence electrons. The Morgan fingerprint density at radius 1 is 1.06 bits per heavy atom. The van der Waals surface area contributed by atoms with Crippen molar-refractivity contribution in [2.75, 3.05) is 18.0 Å². The number of aryl methyl sites for hydroxylation is 1. The van der Waals surface area contributed by atoms with Crippen molar-refractivity contribution >= 4 is 17.6 Å². The van der Waals surface area contributed by atoms with Gasteiger partial charge in [-0.05, 0) is 48.9 Å². The summed E-state index contributed by atoms with van der Waals surface area (Å²) in [4.78, 5) is 38.5. The van der Waals surface area contributed by atoms with Crippen LogP contribution in [0.2, 0.25) is 0 Å². The van der Waals surface area contributed by atoms with Gasteiger partial charge in [0.05, 0.1) is 5.69 Å². The standard InChI is InChI=1S/C26H28N4O4/c1-17-25(32)24(26(33)29-34-18(2)31)28-23(27-17)16-19-8-10-22(11-9-19)30-14-12-21(13-15-30)20-6-4-3-5-7-20/h3-11,21,32H,12-16H2,1-2H3,(H,29,33). The molecular weight excluding hydrogens is 432 g/mol. The molecule has 0 bridgehead atoms. The van der Waals surface area contributed by atoms with Crippen LogP contribution in [-0.2, 0) is 16.1 Å². The van der Waals surface area contributed by atoms with E-state index in [4.69, 9.17) is 0 Å². The Balaban J connectivity index is 1.40. The van der Waals surface area contributed by atoms with E-state index >= 15 is 0 Å². The summed E-state index contributed by atoms with van der Waals surface area (Å²) in [7, 11) is 0. The van der Waals surface area contributed by atoms with Crippen LogP contribution in [0.1, 0.15) is 58.8 Å². The van der Waals surface area contributed by atoms with Gasteiger partial charge < -0.3 is 14.8 Å². The van der Waals surface area contributed by atoms with E-state index in [9.17, 15) is 14.7 Å². The second-order valence-electron chi connectivity index (χ2n) is 8.46. The molecule has 8 nitrogen and oxygen atoms in total. The van der Waals surface area contributed by atoms with Gasteiger partial charge in [0.2, 0.25) is 0 Å². The predicted molar refractivity (Wildman–Crippen MR) is 128 cm³/mol. The number of aromatic nitrogens is 2. The Labute approximate surface area is 198 Å². The van der Waals surface area contributed by atoms with Gasteiger partial charge in [0.25, 0.3) is 0 Å². The first-order chi connectivity index (χ1) is 16.4. The highest BCUT2D eigenvalue weighted by molar-refractivity contribution is 5.95. The molecule has 1 fully saturated rings. The van der Waals surface area contributed by atoms with E-state index in [0.29, 0.717) is 18.2 Å². The molecule has 8 heteroatoms. The maximum atomic E-state index is 12.2. The van der Waals surface area contributed by atoms with Crippen LogP contribution in [0.15, 0.2) is 54.6 Å².